The number of anilines is 1. The van der Waals surface area contributed by atoms with Gasteiger partial charge < -0.3 is 10.4 Å². The van der Waals surface area contributed by atoms with E-state index in [0.717, 1.165) is 0 Å². The third-order valence-electron chi connectivity index (χ3n) is 2.04. The number of carboxylic acid groups (broad SMARTS) is 1. The summed E-state index contributed by atoms with van der Waals surface area (Å²) in [5, 5.41) is 17.3. The second-order valence-corrected chi connectivity index (χ2v) is 3.14. The van der Waals surface area contributed by atoms with Crippen LogP contribution in [0.3, 0.4) is 0 Å². The quantitative estimate of drug-likeness (QED) is 0.723. The van der Waals surface area contributed by atoms with Crippen molar-refractivity contribution in [1.29, 1.82) is 0 Å². The molecule has 0 aliphatic heterocycles. The van der Waals surface area contributed by atoms with Crippen molar-refractivity contribution in [3.8, 4) is 0 Å². The van der Waals surface area contributed by atoms with Gasteiger partial charge in [-0.3, -0.25) is 9.89 Å². The highest BCUT2D eigenvalue weighted by Crippen LogP contribution is 2.15. The molecule has 1 aromatic heterocycles. The number of nitrogens with zero attached hydrogens (tertiary/aromatic N) is 2. The average molecular weight is 232 g/mol. The maximum absolute atomic E-state index is 11.6. The van der Waals surface area contributed by atoms with Crippen LogP contribution in [-0.4, -0.2) is 32.2 Å². The van der Waals surface area contributed by atoms with E-state index in [-0.39, 0.29) is 17.1 Å². The largest absolute Gasteiger partial charge is 0.478 e. The van der Waals surface area contributed by atoms with E-state index in [2.05, 4.69) is 20.5 Å². The van der Waals surface area contributed by atoms with Gasteiger partial charge in [0.1, 0.15) is 6.33 Å². The number of carbonyl (C=O) groups excluding carboxylic acids is 1. The minimum Gasteiger partial charge on any atom is -0.478 e. The fraction of sp³-hybridized carbons (Fsp3) is 0. The lowest BCUT2D eigenvalue weighted by atomic mass is 10.2. The average Bonchev–Trinajstić information content (AvgIpc) is 2.83. The Morgan fingerprint density at radius 2 is 2.06 bits per heavy atom. The third-order valence-corrected chi connectivity index (χ3v) is 2.04. The van der Waals surface area contributed by atoms with Gasteiger partial charge >= 0.3 is 5.97 Å². The zero-order valence-electron chi connectivity index (χ0n) is 8.54. The summed E-state index contributed by atoms with van der Waals surface area (Å²) in [5.41, 5.74) is 0.224. The van der Waals surface area contributed by atoms with Crippen molar-refractivity contribution in [2.24, 2.45) is 0 Å². The van der Waals surface area contributed by atoms with Crippen molar-refractivity contribution in [2.45, 2.75) is 0 Å². The first kappa shape index (κ1) is 10.8. The Balaban J connectivity index is 2.25. The molecular weight excluding hydrogens is 224 g/mol. The first-order valence-corrected chi connectivity index (χ1v) is 4.67. The van der Waals surface area contributed by atoms with Crippen LogP contribution in [0.25, 0.3) is 0 Å². The lowest BCUT2D eigenvalue weighted by molar-refractivity contribution is 0.0698. The minimum atomic E-state index is -1.11. The van der Waals surface area contributed by atoms with Gasteiger partial charge in [-0.25, -0.2) is 9.78 Å². The van der Waals surface area contributed by atoms with E-state index in [4.69, 9.17) is 5.11 Å². The second kappa shape index (κ2) is 4.44. The zero-order valence-corrected chi connectivity index (χ0v) is 8.54. The van der Waals surface area contributed by atoms with Crippen molar-refractivity contribution in [2.75, 3.05) is 5.32 Å². The number of para-hydroxylation sites is 1. The summed E-state index contributed by atoms with van der Waals surface area (Å²) in [6, 6.07) is 6.10. The predicted molar refractivity (Wildman–Crippen MR) is 57.7 cm³/mol. The number of carbonyl (C=O) groups is 2. The van der Waals surface area contributed by atoms with Crippen molar-refractivity contribution in [3.05, 3.63) is 42.0 Å². The molecule has 0 spiro atoms. The topological polar surface area (TPSA) is 108 Å². The summed E-state index contributed by atoms with van der Waals surface area (Å²) < 4.78 is 0. The number of amides is 1. The van der Waals surface area contributed by atoms with E-state index in [1.54, 1.807) is 12.1 Å². The Bertz CT molecular complexity index is 550. The molecule has 0 bridgehead atoms. The molecule has 0 radical (unpaired) electrons. The monoisotopic (exact) mass is 232 g/mol. The zero-order chi connectivity index (χ0) is 12.3. The van der Waals surface area contributed by atoms with Gasteiger partial charge in [0.2, 0.25) is 5.82 Å². The molecule has 0 aliphatic rings. The number of carboxylic acids is 1. The molecule has 17 heavy (non-hydrogen) atoms. The number of aromatic amines is 1. The third kappa shape index (κ3) is 2.28. The molecule has 1 heterocycles. The van der Waals surface area contributed by atoms with Crippen LogP contribution in [0, 0.1) is 0 Å². The lowest BCUT2D eigenvalue weighted by Crippen LogP contribution is -2.16. The summed E-state index contributed by atoms with van der Waals surface area (Å²) in [7, 11) is 0. The molecule has 3 N–H and O–H groups in total. The molecule has 0 saturated carbocycles. The first-order valence-electron chi connectivity index (χ1n) is 4.67. The number of H-pyrrole nitrogens is 1. The van der Waals surface area contributed by atoms with Gasteiger partial charge in [-0.1, -0.05) is 12.1 Å². The van der Waals surface area contributed by atoms with Crippen molar-refractivity contribution < 1.29 is 14.7 Å². The van der Waals surface area contributed by atoms with Gasteiger partial charge in [0.05, 0.1) is 11.3 Å². The lowest BCUT2D eigenvalue weighted by Gasteiger charge is -2.06. The van der Waals surface area contributed by atoms with Crippen molar-refractivity contribution in [1.82, 2.24) is 15.2 Å². The van der Waals surface area contributed by atoms with Gasteiger partial charge in [-0.15, -0.1) is 0 Å². The maximum Gasteiger partial charge on any atom is 0.337 e. The Kier molecular flexibility index (Phi) is 2.82. The Morgan fingerprint density at radius 3 is 2.71 bits per heavy atom. The Labute approximate surface area is 95.5 Å². The molecule has 2 rings (SSSR count). The Hall–Kier alpha value is -2.70. The number of rotatable bonds is 3. The summed E-state index contributed by atoms with van der Waals surface area (Å²) >= 11 is 0. The Morgan fingerprint density at radius 1 is 1.29 bits per heavy atom. The summed E-state index contributed by atoms with van der Waals surface area (Å²) in [6.45, 7) is 0. The van der Waals surface area contributed by atoms with Crippen LogP contribution in [0.15, 0.2) is 30.6 Å². The van der Waals surface area contributed by atoms with Crippen LogP contribution in [0.4, 0.5) is 5.69 Å². The fourth-order valence-electron chi connectivity index (χ4n) is 1.28. The molecule has 0 fully saturated rings. The predicted octanol–water partition coefficient (Wildman–Crippen LogP) is 0.755. The van der Waals surface area contributed by atoms with E-state index in [9.17, 15) is 9.59 Å². The molecule has 0 atom stereocenters. The van der Waals surface area contributed by atoms with E-state index in [0.29, 0.717) is 0 Å². The first-order chi connectivity index (χ1) is 8.18. The van der Waals surface area contributed by atoms with Crippen LogP contribution in [0.1, 0.15) is 21.0 Å². The fourth-order valence-corrected chi connectivity index (χ4v) is 1.28. The smallest absolute Gasteiger partial charge is 0.337 e. The molecule has 1 aromatic carbocycles. The minimum absolute atomic E-state index is 0.0142. The van der Waals surface area contributed by atoms with Crippen LogP contribution in [0.2, 0.25) is 0 Å². The highest BCUT2D eigenvalue weighted by molar-refractivity contribution is 6.05. The molecule has 0 aliphatic carbocycles. The number of hydrogen-bond acceptors (Lipinski definition) is 4. The highest BCUT2D eigenvalue weighted by Gasteiger charge is 2.14. The molecule has 86 valence electrons. The van der Waals surface area contributed by atoms with Gasteiger partial charge in [0.15, 0.2) is 0 Å². The summed E-state index contributed by atoms with van der Waals surface area (Å²) in [4.78, 5) is 26.2. The summed E-state index contributed by atoms with van der Waals surface area (Å²) in [6.07, 6.45) is 1.19. The van der Waals surface area contributed by atoms with Crippen LogP contribution < -0.4 is 5.32 Å². The maximum atomic E-state index is 11.6. The van der Waals surface area contributed by atoms with E-state index >= 15 is 0 Å². The van der Waals surface area contributed by atoms with Crippen LogP contribution in [0.5, 0.6) is 0 Å². The number of nitrogens with one attached hydrogen (secondary N) is 2. The number of aromatic carboxylic acids is 1. The van der Waals surface area contributed by atoms with Gasteiger partial charge in [0, 0.05) is 0 Å². The number of hydrogen-bond donors (Lipinski definition) is 3. The molecule has 1 amide bonds. The molecule has 7 nitrogen and oxygen atoms in total. The van der Waals surface area contributed by atoms with Gasteiger partial charge in [0.25, 0.3) is 5.91 Å². The standard InChI is InChI=1S/C10H8N4O3/c15-9(8-11-5-12-14-8)13-7-4-2-1-3-6(7)10(16)17/h1-5H,(H,13,15)(H,16,17)(H,11,12,14). The second-order valence-electron chi connectivity index (χ2n) is 3.14. The van der Waals surface area contributed by atoms with E-state index in [1.165, 1.54) is 18.5 Å². The van der Waals surface area contributed by atoms with Crippen molar-refractivity contribution >= 4 is 17.6 Å². The number of benzene rings is 1. The van der Waals surface area contributed by atoms with Gasteiger partial charge in [-0.2, -0.15) is 5.10 Å². The van der Waals surface area contributed by atoms with Crippen molar-refractivity contribution in [3.63, 3.8) is 0 Å². The molecular formula is C10H8N4O3. The molecule has 2 aromatic rings. The molecule has 0 saturated heterocycles. The molecule has 7 heteroatoms. The van der Waals surface area contributed by atoms with Crippen LogP contribution in [-0.2, 0) is 0 Å². The van der Waals surface area contributed by atoms with Crippen LogP contribution >= 0.6 is 0 Å². The molecule has 0 unspecified atom stereocenters. The summed E-state index contributed by atoms with van der Waals surface area (Å²) in [5.74, 6) is -1.64. The highest BCUT2D eigenvalue weighted by atomic mass is 16.4. The SMILES string of the molecule is O=C(Nc1ccccc1C(=O)O)c1ncn[nH]1. The normalized spacial score (nSPS) is 9.88. The van der Waals surface area contributed by atoms with E-state index in [1.807, 2.05) is 0 Å². The van der Waals surface area contributed by atoms with E-state index < -0.39 is 11.9 Å². The number of aromatic nitrogens is 3. The van der Waals surface area contributed by atoms with Gasteiger partial charge in [-0.05, 0) is 12.1 Å².